The lowest BCUT2D eigenvalue weighted by atomic mass is 9.64. The van der Waals surface area contributed by atoms with Crippen LogP contribution in [0, 0.1) is 5.41 Å². The third-order valence-electron chi connectivity index (χ3n) is 5.09. The number of anilines is 1. The monoisotopic (exact) mass is 305 g/mol. The number of thiocarbonyl (C=S) groups is 1. The third kappa shape index (κ3) is 2.42. The van der Waals surface area contributed by atoms with E-state index in [1.54, 1.807) is 7.11 Å². The van der Waals surface area contributed by atoms with Crippen molar-refractivity contribution in [2.24, 2.45) is 11.1 Å². The zero-order chi connectivity index (χ0) is 15.2. The van der Waals surface area contributed by atoms with Crippen LogP contribution in [-0.4, -0.2) is 29.2 Å². The number of fused-ring (bicyclic) bond motifs is 1. The maximum absolute atomic E-state index is 5.89. The number of methoxy groups -OCH3 is 1. The van der Waals surface area contributed by atoms with Crippen molar-refractivity contribution < 1.29 is 4.74 Å². The minimum absolute atomic E-state index is 0.0862. The molecule has 0 aliphatic heterocycles. The van der Waals surface area contributed by atoms with Crippen molar-refractivity contribution in [2.45, 2.75) is 51.7 Å². The summed E-state index contributed by atoms with van der Waals surface area (Å²) in [6, 6.07) is 2.46. The van der Waals surface area contributed by atoms with Crippen LogP contribution in [0.5, 0.6) is 0 Å². The molecule has 1 saturated carbocycles. The van der Waals surface area contributed by atoms with Gasteiger partial charge in [-0.2, -0.15) is 0 Å². The average Bonchev–Trinajstić information content (AvgIpc) is 2.88. The van der Waals surface area contributed by atoms with E-state index in [1.807, 2.05) is 0 Å². The summed E-state index contributed by atoms with van der Waals surface area (Å²) in [6.45, 7) is 4.44. The van der Waals surface area contributed by atoms with Crippen LogP contribution >= 0.6 is 12.2 Å². The van der Waals surface area contributed by atoms with Crippen molar-refractivity contribution in [1.82, 2.24) is 4.98 Å². The molecule has 0 amide bonds. The van der Waals surface area contributed by atoms with Crippen LogP contribution in [0.3, 0.4) is 0 Å². The van der Waals surface area contributed by atoms with E-state index in [9.17, 15) is 0 Å². The minimum Gasteiger partial charge on any atom is -0.389 e. The first kappa shape index (κ1) is 14.7. The number of hydrogen-bond acceptors (Lipinski definition) is 4. The Hall–Kier alpha value is -1.20. The molecule has 114 valence electrons. The van der Waals surface area contributed by atoms with Crippen LogP contribution in [-0.2, 0) is 17.6 Å². The van der Waals surface area contributed by atoms with E-state index in [0.717, 1.165) is 30.6 Å². The van der Waals surface area contributed by atoms with E-state index in [2.05, 4.69) is 25.2 Å². The molecular formula is C16H23N3OS. The molecule has 0 radical (unpaired) electrons. The molecule has 1 fully saturated rings. The van der Waals surface area contributed by atoms with Gasteiger partial charge in [0, 0.05) is 24.3 Å². The molecule has 2 aliphatic rings. The average molecular weight is 305 g/mol. The van der Waals surface area contributed by atoms with E-state index in [-0.39, 0.29) is 11.5 Å². The number of hydrogen-bond donors (Lipinski definition) is 2. The SMILES string of the molecule is COC1CC(Nc2nc3c(cc2C(N)=S)CCC3)C1(C)C. The fourth-order valence-corrected chi connectivity index (χ4v) is 3.62. The number of rotatable bonds is 4. The first-order valence-corrected chi connectivity index (χ1v) is 7.96. The molecule has 1 aromatic rings. The molecule has 0 spiro atoms. The molecule has 0 aromatic carbocycles. The minimum atomic E-state index is 0.0862. The fraction of sp³-hybridized carbons (Fsp3) is 0.625. The second-order valence-electron chi connectivity index (χ2n) is 6.69. The first-order valence-electron chi connectivity index (χ1n) is 7.55. The number of aromatic nitrogens is 1. The molecule has 0 saturated heterocycles. The zero-order valence-corrected chi connectivity index (χ0v) is 13.7. The van der Waals surface area contributed by atoms with E-state index < -0.39 is 0 Å². The van der Waals surface area contributed by atoms with Crippen molar-refractivity contribution in [3.05, 3.63) is 22.9 Å². The van der Waals surface area contributed by atoms with Gasteiger partial charge >= 0.3 is 0 Å². The lowest BCUT2D eigenvalue weighted by Crippen LogP contribution is -2.58. The highest BCUT2D eigenvalue weighted by Crippen LogP contribution is 2.44. The molecule has 0 bridgehead atoms. The topological polar surface area (TPSA) is 60.2 Å². The highest BCUT2D eigenvalue weighted by atomic mass is 32.1. The predicted molar refractivity (Wildman–Crippen MR) is 88.8 cm³/mol. The van der Waals surface area contributed by atoms with Gasteiger partial charge in [-0.05, 0) is 37.3 Å². The van der Waals surface area contributed by atoms with Gasteiger partial charge in [0.2, 0.25) is 0 Å². The zero-order valence-electron chi connectivity index (χ0n) is 12.9. The summed E-state index contributed by atoms with van der Waals surface area (Å²) in [5, 5.41) is 3.55. The molecule has 2 unspecified atom stereocenters. The van der Waals surface area contributed by atoms with Gasteiger partial charge in [-0.15, -0.1) is 0 Å². The number of nitrogens with zero attached hydrogens (tertiary/aromatic N) is 1. The standard InChI is InChI=1S/C16H23N3OS/c1-16(2)12(8-13(16)20-3)19-15-10(14(17)21)7-9-5-4-6-11(9)18-15/h7,12-13H,4-6,8H2,1-3H3,(H2,17,21)(H,18,19). The Morgan fingerprint density at radius 2 is 2.24 bits per heavy atom. The molecule has 3 N–H and O–H groups in total. The first-order chi connectivity index (χ1) is 9.93. The predicted octanol–water partition coefficient (Wildman–Crippen LogP) is 2.43. The summed E-state index contributed by atoms with van der Waals surface area (Å²) in [5.41, 5.74) is 9.34. The van der Waals surface area contributed by atoms with E-state index >= 15 is 0 Å². The van der Waals surface area contributed by atoms with E-state index in [4.69, 9.17) is 27.7 Å². The Morgan fingerprint density at radius 1 is 1.48 bits per heavy atom. The molecule has 3 rings (SSSR count). The Labute approximate surface area is 131 Å². The van der Waals surface area contributed by atoms with Crippen LogP contribution in [0.4, 0.5) is 5.82 Å². The molecule has 5 heteroatoms. The Balaban J connectivity index is 1.87. The highest BCUT2D eigenvalue weighted by molar-refractivity contribution is 7.80. The van der Waals surface area contributed by atoms with Crippen molar-refractivity contribution in [2.75, 3.05) is 12.4 Å². The van der Waals surface area contributed by atoms with E-state index in [0.29, 0.717) is 11.0 Å². The Kier molecular flexibility index (Phi) is 3.66. The third-order valence-corrected chi connectivity index (χ3v) is 5.31. The Bertz CT molecular complexity index is 585. The number of nitrogens with two attached hydrogens (primary N) is 1. The molecule has 1 heterocycles. The molecular weight excluding hydrogens is 282 g/mol. The van der Waals surface area contributed by atoms with Crippen LogP contribution in [0.25, 0.3) is 0 Å². The van der Waals surface area contributed by atoms with Gasteiger partial charge in [0.1, 0.15) is 10.8 Å². The highest BCUT2D eigenvalue weighted by Gasteiger charge is 2.49. The largest absolute Gasteiger partial charge is 0.389 e. The summed E-state index contributed by atoms with van der Waals surface area (Å²) < 4.78 is 5.51. The maximum Gasteiger partial charge on any atom is 0.136 e. The normalized spacial score (nSPS) is 26.0. The van der Waals surface area contributed by atoms with Crippen molar-refractivity contribution in [1.29, 1.82) is 0 Å². The summed E-state index contributed by atoms with van der Waals surface area (Å²) in [6.07, 6.45) is 4.58. The van der Waals surface area contributed by atoms with Gasteiger partial charge in [0.05, 0.1) is 11.7 Å². The summed E-state index contributed by atoms with van der Waals surface area (Å²) in [4.78, 5) is 5.21. The fourth-order valence-electron chi connectivity index (χ4n) is 3.47. The van der Waals surface area contributed by atoms with E-state index in [1.165, 1.54) is 17.7 Å². The maximum atomic E-state index is 5.89. The van der Waals surface area contributed by atoms with Gasteiger partial charge in [-0.25, -0.2) is 4.98 Å². The second-order valence-corrected chi connectivity index (χ2v) is 7.13. The summed E-state index contributed by atoms with van der Waals surface area (Å²) in [7, 11) is 1.77. The smallest absolute Gasteiger partial charge is 0.136 e. The molecule has 2 aliphatic carbocycles. The van der Waals surface area contributed by atoms with Gasteiger partial charge < -0.3 is 15.8 Å². The number of nitrogens with one attached hydrogen (secondary N) is 1. The van der Waals surface area contributed by atoms with Gasteiger partial charge in [0.15, 0.2) is 0 Å². The van der Waals surface area contributed by atoms with Crippen LogP contribution in [0.15, 0.2) is 6.07 Å². The van der Waals surface area contributed by atoms with Gasteiger partial charge in [0.25, 0.3) is 0 Å². The summed E-state index contributed by atoms with van der Waals surface area (Å²) in [5.74, 6) is 0.843. The van der Waals surface area contributed by atoms with Gasteiger partial charge in [-0.3, -0.25) is 0 Å². The summed E-state index contributed by atoms with van der Waals surface area (Å²) >= 11 is 5.20. The lowest BCUT2D eigenvalue weighted by Gasteiger charge is -2.51. The van der Waals surface area contributed by atoms with Gasteiger partial charge in [-0.1, -0.05) is 26.1 Å². The number of aryl methyl sites for hydroxylation is 2. The molecule has 2 atom stereocenters. The number of pyridine rings is 1. The molecule has 4 nitrogen and oxygen atoms in total. The Morgan fingerprint density at radius 3 is 2.86 bits per heavy atom. The van der Waals surface area contributed by atoms with Crippen molar-refractivity contribution in [3.8, 4) is 0 Å². The lowest BCUT2D eigenvalue weighted by molar-refractivity contribution is -0.0795. The quantitative estimate of drug-likeness (QED) is 0.837. The number of ether oxygens (including phenoxy) is 1. The van der Waals surface area contributed by atoms with Crippen molar-refractivity contribution >= 4 is 23.0 Å². The molecule has 1 aromatic heterocycles. The second kappa shape index (κ2) is 5.21. The van der Waals surface area contributed by atoms with Crippen LogP contribution in [0.2, 0.25) is 0 Å². The van der Waals surface area contributed by atoms with Crippen LogP contribution in [0.1, 0.15) is 43.5 Å². The van der Waals surface area contributed by atoms with Crippen LogP contribution < -0.4 is 11.1 Å². The van der Waals surface area contributed by atoms with Crippen molar-refractivity contribution in [3.63, 3.8) is 0 Å². The molecule has 21 heavy (non-hydrogen) atoms.